The van der Waals surface area contributed by atoms with E-state index in [0.29, 0.717) is 6.61 Å². The summed E-state index contributed by atoms with van der Waals surface area (Å²) in [7, 11) is 4.13. The minimum absolute atomic E-state index is 0.670. The van der Waals surface area contributed by atoms with Crippen LogP contribution < -0.4 is 10.1 Å². The topological polar surface area (TPSA) is 55.2 Å². The van der Waals surface area contributed by atoms with Crippen molar-refractivity contribution >= 4 is 16.6 Å². The summed E-state index contributed by atoms with van der Waals surface area (Å²) in [5.74, 6) is 1.74. The lowest BCUT2D eigenvalue weighted by Gasteiger charge is -2.12. The second-order valence-electron chi connectivity index (χ2n) is 7.05. The minimum Gasteiger partial charge on any atom is -0.494 e. The number of nitrogens with one attached hydrogen (secondary N) is 1. The average molecular weight is 367 g/mol. The molecule has 0 saturated heterocycles. The van der Waals surface area contributed by atoms with Crippen molar-refractivity contribution in [1.29, 1.82) is 0 Å². The molecule has 144 valence electrons. The summed E-state index contributed by atoms with van der Waals surface area (Å²) in [6.07, 6.45) is 0. The third-order valence-corrected chi connectivity index (χ3v) is 4.80. The molecular weight excluding hydrogens is 338 g/mol. The maximum Gasteiger partial charge on any atom is 0.158 e. The molecule has 0 fully saturated rings. The summed E-state index contributed by atoms with van der Waals surface area (Å²) in [4.78, 5) is 2.15. The first-order valence-electron chi connectivity index (χ1n) is 9.40. The Labute approximate surface area is 161 Å². The van der Waals surface area contributed by atoms with Gasteiger partial charge in [0.05, 0.1) is 12.3 Å². The molecular formula is C21H29N5O. The average Bonchev–Trinajstić information content (AvgIpc) is 2.90. The lowest BCUT2D eigenvalue weighted by atomic mass is 10.1. The first-order chi connectivity index (χ1) is 12.9. The highest BCUT2D eigenvalue weighted by atomic mass is 16.5. The molecule has 0 spiro atoms. The molecule has 27 heavy (non-hydrogen) atoms. The second-order valence-corrected chi connectivity index (χ2v) is 7.05. The predicted molar refractivity (Wildman–Crippen MR) is 111 cm³/mol. The van der Waals surface area contributed by atoms with Gasteiger partial charge in [0, 0.05) is 40.9 Å². The van der Waals surface area contributed by atoms with E-state index in [9.17, 15) is 0 Å². The number of likely N-dealkylation sites (N-methyl/N-ethyl adjacent to an activating group) is 1. The van der Waals surface area contributed by atoms with Gasteiger partial charge >= 0.3 is 0 Å². The molecule has 0 aliphatic heterocycles. The van der Waals surface area contributed by atoms with Crippen molar-refractivity contribution in [2.24, 2.45) is 0 Å². The molecule has 0 atom stereocenters. The van der Waals surface area contributed by atoms with Gasteiger partial charge in [-0.05, 0) is 66.1 Å². The van der Waals surface area contributed by atoms with Crippen LogP contribution in [0.2, 0.25) is 0 Å². The van der Waals surface area contributed by atoms with Crippen LogP contribution in [0, 0.1) is 20.8 Å². The van der Waals surface area contributed by atoms with Crippen molar-refractivity contribution in [3.63, 3.8) is 0 Å². The van der Waals surface area contributed by atoms with Crippen LogP contribution in [0.4, 0.5) is 5.82 Å². The zero-order valence-corrected chi connectivity index (χ0v) is 17.1. The number of hydrogen-bond acceptors (Lipinski definition) is 5. The molecule has 6 nitrogen and oxygen atoms in total. The quantitative estimate of drug-likeness (QED) is 0.690. The number of rotatable bonds is 7. The molecule has 0 aliphatic rings. The normalized spacial score (nSPS) is 11.4. The van der Waals surface area contributed by atoms with Crippen molar-refractivity contribution in [3.05, 3.63) is 41.3 Å². The molecule has 0 saturated carbocycles. The minimum atomic E-state index is 0.670. The summed E-state index contributed by atoms with van der Waals surface area (Å²) in [5, 5.41) is 14.6. The summed E-state index contributed by atoms with van der Waals surface area (Å²) in [6.45, 7) is 10.7. The standard InChI is InChI=1S/C21H29N5O/c1-7-27-18-10-8-17(9-11-18)26-15(3)19-14(2)23-24-21(20(19)16(26)4)22-12-13-25(5)6/h8-11H,7,12-13H2,1-6H3,(H,22,24). The second kappa shape index (κ2) is 7.96. The Kier molecular flexibility index (Phi) is 5.65. The van der Waals surface area contributed by atoms with E-state index in [-0.39, 0.29) is 0 Å². The smallest absolute Gasteiger partial charge is 0.158 e. The van der Waals surface area contributed by atoms with Crippen molar-refractivity contribution in [2.45, 2.75) is 27.7 Å². The van der Waals surface area contributed by atoms with Gasteiger partial charge in [-0.15, -0.1) is 5.10 Å². The molecule has 0 amide bonds. The number of fused-ring (bicyclic) bond motifs is 1. The SMILES string of the molecule is CCOc1ccc(-n2c(C)c3c(C)nnc(NCCN(C)C)c3c2C)cc1. The largest absolute Gasteiger partial charge is 0.494 e. The molecule has 2 aromatic heterocycles. The monoisotopic (exact) mass is 367 g/mol. The lowest BCUT2D eigenvalue weighted by Crippen LogP contribution is -2.21. The maximum absolute atomic E-state index is 5.57. The van der Waals surface area contributed by atoms with E-state index in [0.717, 1.165) is 47.1 Å². The number of hydrogen-bond donors (Lipinski definition) is 1. The number of aryl methyl sites for hydroxylation is 3. The molecule has 1 aromatic carbocycles. The van der Waals surface area contributed by atoms with Crippen LogP contribution in [0.1, 0.15) is 24.0 Å². The van der Waals surface area contributed by atoms with E-state index in [1.54, 1.807) is 0 Å². The Hall–Kier alpha value is -2.60. The van der Waals surface area contributed by atoms with Crippen LogP contribution in [-0.2, 0) is 0 Å². The fourth-order valence-corrected chi connectivity index (χ4v) is 3.56. The highest BCUT2D eigenvalue weighted by Gasteiger charge is 2.19. The van der Waals surface area contributed by atoms with Crippen molar-refractivity contribution in [3.8, 4) is 11.4 Å². The lowest BCUT2D eigenvalue weighted by molar-refractivity contribution is 0.340. The Morgan fingerprint density at radius 1 is 1.00 bits per heavy atom. The van der Waals surface area contributed by atoms with E-state index >= 15 is 0 Å². The Morgan fingerprint density at radius 2 is 1.67 bits per heavy atom. The van der Waals surface area contributed by atoms with E-state index in [4.69, 9.17) is 4.74 Å². The van der Waals surface area contributed by atoms with E-state index in [1.165, 1.54) is 11.1 Å². The summed E-state index contributed by atoms with van der Waals surface area (Å²) in [6, 6.07) is 8.22. The first-order valence-corrected chi connectivity index (χ1v) is 9.40. The highest BCUT2D eigenvalue weighted by molar-refractivity contribution is 5.98. The van der Waals surface area contributed by atoms with Gasteiger partial charge in [-0.3, -0.25) is 0 Å². The molecule has 3 aromatic rings. The summed E-state index contributed by atoms with van der Waals surface area (Å²) >= 11 is 0. The third kappa shape index (κ3) is 3.76. The highest BCUT2D eigenvalue weighted by Crippen LogP contribution is 2.34. The number of aromatic nitrogens is 3. The third-order valence-electron chi connectivity index (χ3n) is 4.80. The molecule has 0 radical (unpaired) electrons. The van der Waals surface area contributed by atoms with Crippen LogP contribution in [-0.4, -0.2) is 53.5 Å². The van der Waals surface area contributed by atoms with E-state index < -0.39 is 0 Å². The van der Waals surface area contributed by atoms with E-state index in [1.807, 2.05) is 26.0 Å². The van der Waals surface area contributed by atoms with Crippen molar-refractivity contribution in [2.75, 3.05) is 39.1 Å². The number of benzene rings is 1. The Bertz CT molecular complexity index is 928. The van der Waals surface area contributed by atoms with Gasteiger partial charge in [0.15, 0.2) is 5.82 Å². The van der Waals surface area contributed by atoms with Gasteiger partial charge in [0.1, 0.15) is 5.75 Å². The molecule has 0 unspecified atom stereocenters. The first kappa shape index (κ1) is 19.2. The Morgan fingerprint density at radius 3 is 2.30 bits per heavy atom. The van der Waals surface area contributed by atoms with E-state index in [2.05, 4.69) is 65.1 Å². The van der Waals surface area contributed by atoms with Crippen LogP contribution in [0.3, 0.4) is 0 Å². The van der Waals surface area contributed by atoms with Crippen LogP contribution in [0.25, 0.3) is 16.5 Å². The van der Waals surface area contributed by atoms with Gasteiger partial charge in [0.25, 0.3) is 0 Å². The summed E-state index contributed by atoms with van der Waals surface area (Å²) < 4.78 is 7.85. The number of ether oxygens (including phenoxy) is 1. The van der Waals surface area contributed by atoms with Crippen LogP contribution in [0.15, 0.2) is 24.3 Å². The molecule has 2 heterocycles. The molecule has 0 bridgehead atoms. The zero-order chi connectivity index (χ0) is 19.6. The fraction of sp³-hybridized carbons (Fsp3) is 0.429. The molecule has 3 rings (SSSR count). The maximum atomic E-state index is 5.57. The van der Waals surface area contributed by atoms with Gasteiger partial charge in [-0.1, -0.05) is 0 Å². The predicted octanol–water partition coefficient (Wildman–Crippen LogP) is 3.72. The van der Waals surface area contributed by atoms with Gasteiger partial charge < -0.3 is 19.5 Å². The fourth-order valence-electron chi connectivity index (χ4n) is 3.56. The van der Waals surface area contributed by atoms with Crippen LogP contribution in [0.5, 0.6) is 5.75 Å². The summed E-state index contributed by atoms with van der Waals surface area (Å²) in [5.41, 5.74) is 4.41. The molecule has 6 heteroatoms. The van der Waals surface area contributed by atoms with Crippen molar-refractivity contribution < 1.29 is 4.74 Å². The Balaban J connectivity index is 2.08. The van der Waals surface area contributed by atoms with Gasteiger partial charge in [-0.25, -0.2) is 0 Å². The number of nitrogens with zero attached hydrogens (tertiary/aromatic N) is 4. The van der Waals surface area contributed by atoms with Gasteiger partial charge in [0.2, 0.25) is 0 Å². The van der Waals surface area contributed by atoms with Crippen molar-refractivity contribution in [1.82, 2.24) is 19.7 Å². The van der Waals surface area contributed by atoms with Crippen LogP contribution >= 0.6 is 0 Å². The van der Waals surface area contributed by atoms with Gasteiger partial charge in [-0.2, -0.15) is 5.10 Å². The molecule has 0 aliphatic carbocycles. The zero-order valence-electron chi connectivity index (χ0n) is 17.1. The molecule has 1 N–H and O–H groups in total. The number of anilines is 1.